The van der Waals surface area contributed by atoms with Crippen molar-refractivity contribution in [2.75, 3.05) is 13.2 Å². The molecule has 9 heteroatoms. The van der Waals surface area contributed by atoms with Gasteiger partial charge in [0.15, 0.2) is 6.61 Å². The molecule has 0 aliphatic carbocycles. The summed E-state index contributed by atoms with van der Waals surface area (Å²) in [7, 11) is 0. The van der Waals surface area contributed by atoms with Gasteiger partial charge in [0.2, 0.25) is 0 Å². The molecule has 4 amide bonds. The first-order chi connectivity index (χ1) is 13.2. The van der Waals surface area contributed by atoms with Crippen LogP contribution in [0, 0.1) is 5.92 Å². The zero-order valence-corrected chi connectivity index (χ0v) is 16.5. The number of carbonyl (C=O) groups is 4. The molecule has 0 spiro atoms. The fourth-order valence-electron chi connectivity index (χ4n) is 2.14. The quantitative estimate of drug-likeness (QED) is 0.426. The molecular formula is C19H24ClN3O5. The van der Waals surface area contributed by atoms with Gasteiger partial charge in [0, 0.05) is 17.1 Å². The number of esters is 1. The molecule has 0 saturated carbocycles. The first-order valence-corrected chi connectivity index (χ1v) is 9.02. The van der Waals surface area contributed by atoms with Crippen molar-refractivity contribution in [2.45, 2.75) is 26.3 Å². The maximum Gasteiger partial charge on any atom is 0.329 e. The lowest BCUT2D eigenvalue weighted by Gasteiger charge is -2.19. The summed E-state index contributed by atoms with van der Waals surface area (Å²) < 4.78 is 4.94. The average Bonchev–Trinajstić information content (AvgIpc) is 2.64. The van der Waals surface area contributed by atoms with Crippen LogP contribution in [0.5, 0.6) is 0 Å². The smallest absolute Gasteiger partial charge is 0.329 e. The van der Waals surface area contributed by atoms with Crippen molar-refractivity contribution >= 4 is 35.4 Å². The van der Waals surface area contributed by atoms with Crippen LogP contribution in [0.25, 0.3) is 0 Å². The molecule has 0 aliphatic heterocycles. The van der Waals surface area contributed by atoms with Gasteiger partial charge in [-0.05, 0) is 36.6 Å². The maximum absolute atomic E-state index is 12.3. The molecule has 0 heterocycles. The Morgan fingerprint density at radius 3 is 2.39 bits per heavy atom. The Bertz CT molecular complexity index is 719. The number of ether oxygens (including phenoxy) is 1. The van der Waals surface area contributed by atoms with Gasteiger partial charge in [-0.1, -0.05) is 31.5 Å². The molecule has 152 valence electrons. The van der Waals surface area contributed by atoms with E-state index in [1.54, 1.807) is 12.1 Å². The molecule has 1 aromatic carbocycles. The Hall–Kier alpha value is -2.87. The molecule has 8 nitrogen and oxygen atoms in total. The summed E-state index contributed by atoms with van der Waals surface area (Å²) in [6.45, 7) is 6.73. The topological polar surface area (TPSA) is 114 Å². The number of carbonyl (C=O) groups excluding carboxylic acids is 4. The third-order valence-corrected chi connectivity index (χ3v) is 3.66. The zero-order chi connectivity index (χ0) is 21.1. The highest BCUT2D eigenvalue weighted by atomic mass is 35.5. The van der Waals surface area contributed by atoms with Crippen molar-refractivity contribution in [1.29, 1.82) is 0 Å². The molecule has 3 N–H and O–H groups in total. The summed E-state index contributed by atoms with van der Waals surface area (Å²) in [6, 6.07) is 4.53. The van der Waals surface area contributed by atoms with Gasteiger partial charge in [-0.15, -0.1) is 6.58 Å². The van der Waals surface area contributed by atoms with E-state index in [-0.39, 0.29) is 12.5 Å². The maximum atomic E-state index is 12.3. The minimum atomic E-state index is -0.939. The van der Waals surface area contributed by atoms with E-state index in [0.717, 1.165) is 0 Å². The van der Waals surface area contributed by atoms with Crippen molar-refractivity contribution < 1.29 is 23.9 Å². The van der Waals surface area contributed by atoms with Gasteiger partial charge in [-0.3, -0.25) is 14.9 Å². The number of imide groups is 1. The van der Waals surface area contributed by atoms with Crippen LogP contribution in [0.4, 0.5) is 4.79 Å². The van der Waals surface area contributed by atoms with Crippen LogP contribution < -0.4 is 16.0 Å². The zero-order valence-electron chi connectivity index (χ0n) is 15.8. The van der Waals surface area contributed by atoms with Crippen molar-refractivity contribution in [3.63, 3.8) is 0 Å². The standard InChI is InChI=1S/C19H24ClN3O5/c1-4-9-21-19(27)23-16(24)11-28-18(26)15(10-12(2)3)22-17(25)13-5-7-14(20)8-6-13/h4-8,12,15H,1,9-11H2,2-3H3,(H,22,25)(H2,21,23,24,27)/t15-/m1/s1. The summed E-state index contributed by atoms with van der Waals surface area (Å²) in [5, 5.41) is 7.44. The van der Waals surface area contributed by atoms with E-state index in [1.165, 1.54) is 18.2 Å². The fraction of sp³-hybridized carbons (Fsp3) is 0.368. The first kappa shape index (κ1) is 23.2. The number of benzene rings is 1. The van der Waals surface area contributed by atoms with E-state index in [4.69, 9.17) is 16.3 Å². The Morgan fingerprint density at radius 1 is 1.18 bits per heavy atom. The highest BCUT2D eigenvalue weighted by molar-refractivity contribution is 6.30. The van der Waals surface area contributed by atoms with E-state index in [9.17, 15) is 19.2 Å². The second kappa shape index (κ2) is 11.8. The monoisotopic (exact) mass is 409 g/mol. The Kier molecular flexibility index (Phi) is 9.73. The number of nitrogens with one attached hydrogen (secondary N) is 3. The predicted octanol–water partition coefficient (Wildman–Crippen LogP) is 2.04. The summed E-state index contributed by atoms with van der Waals surface area (Å²) in [5.74, 6) is -1.94. The third kappa shape index (κ3) is 8.68. The number of rotatable bonds is 9. The molecule has 0 radical (unpaired) electrons. The minimum Gasteiger partial charge on any atom is -0.454 e. The van der Waals surface area contributed by atoms with Crippen LogP contribution in [0.2, 0.25) is 5.02 Å². The van der Waals surface area contributed by atoms with Crippen LogP contribution in [0.3, 0.4) is 0 Å². The lowest BCUT2D eigenvalue weighted by Crippen LogP contribution is -2.45. The van der Waals surface area contributed by atoms with Gasteiger partial charge in [0.25, 0.3) is 11.8 Å². The van der Waals surface area contributed by atoms with E-state index >= 15 is 0 Å². The highest BCUT2D eigenvalue weighted by Gasteiger charge is 2.25. The molecule has 0 fully saturated rings. The lowest BCUT2D eigenvalue weighted by molar-refractivity contribution is -0.150. The number of hydrogen-bond donors (Lipinski definition) is 3. The molecule has 28 heavy (non-hydrogen) atoms. The second-order valence-electron chi connectivity index (χ2n) is 6.32. The molecule has 1 aromatic rings. The van der Waals surface area contributed by atoms with Gasteiger partial charge >= 0.3 is 12.0 Å². The van der Waals surface area contributed by atoms with E-state index in [2.05, 4.69) is 17.2 Å². The van der Waals surface area contributed by atoms with Crippen LogP contribution in [-0.2, 0) is 14.3 Å². The van der Waals surface area contributed by atoms with Gasteiger partial charge in [-0.25, -0.2) is 9.59 Å². The van der Waals surface area contributed by atoms with Crippen molar-refractivity contribution in [2.24, 2.45) is 5.92 Å². The Labute approximate surface area is 168 Å². The normalized spacial score (nSPS) is 11.3. The third-order valence-electron chi connectivity index (χ3n) is 3.41. The average molecular weight is 410 g/mol. The molecule has 0 aliphatic rings. The molecule has 0 saturated heterocycles. The SMILES string of the molecule is C=CCNC(=O)NC(=O)COC(=O)[C@@H](CC(C)C)NC(=O)c1ccc(Cl)cc1. The van der Waals surface area contributed by atoms with E-state index in [1.807, 2.05) is 19.2 Å². The molecule has 1 atom stereocenters. The molecule has 1 rings (SSSR count). The van der Waals surface area contributed by atoms with Crippen LogP contribution >= 0.6 is 11.6 Å². The number of amides is 4. The van der Waals surface area contributed by atoms with Gasteiger partial charge in [0.05, 0.1) is 0 Å². The molecule has 0 aromatic heterocycles. The lowest BCUT2D eigenvalue weighted by atomic mass is 10.0. The fourth-order valence-corrected chi connectivity index (χ4v) is 2.26. The molecular weight excluding hydrogens is 386 g/mol. The number of hydrogen-bond acceptors (Lipinski definition) is 5. The number of halogens is 1. The van der Waals surface area contributed by atoms with E-state index < -0.39 is 36.5 Å². The van der Waals surface area contributed by atoms with Crippen LogP contribution in [-0.4, -0.2) is 43.0 Å². The van der Waals surface area contributed by atoms with Gasteiger partial charge in [-0.2, -0.15) is 0 Å². The summed E-state index contributed by atoms with van der Waals surface area (Å²) >= 11 is 5.80. The summed E-state index contributed by atoms with van der Waals surface area (Å²) in [5.41, 5.74) is 0.336. The van der Waals surface area contributed by atoms with Crippen molar-refractivity contribution in [3.05, 3.63) is 47.5 Å². The van der Waals surface area contributed by atoms with Crippen molar-refractivity contribution in [1.82, 2.24) is 16.0 Å². The highest BCUT2D eigenvalue weighted by Crippen LogP contribution is 2.11. The van der Waals surface area contributed by atoms with E-state index in [0.29, 0.717) is 17.0 Å². The van der Waals surface area contributed by atoms with Gasteiger partial charge in [0.1, 0.15) is 6.04 Å². The molecule has 0 bridgehead atoms. The minimum absolute atomic E-state index is 0.0848. The largest absolute Gasteiger partial charge is 0.454 e. The van der Waals surface area contributed by atoms with Crippen LogP contribution in [0.15, 0.2) is 36.9 Å². The Balaban J connectivity index is 2.62. The van der Waals surface area contributed by atoms with Gasteiger partial charge < -0.3 is 15.4 Å². The summed E-state index contributed by atoms with van der Waals surface area (Å²) in [6.07, 6.45) is 1.77. The summed E-state index contributed by atoms with van der Waals surface area (Å²) in [4.78, 5) is 47.7. The number of urea groups is 1. The Morgan fingerprint density at radius 2 is 1.82 bits per heavy atom. The molecule has 0 unspecified atom stereocenters. The van der Waals surface area contributed by atoms with Crippen LogP contribution in [0.1, 0.15) is 30.6 Å². The van der Waals surface area contributed by atoms with Crippen molar-refractivity contribution in [3.8, 4) is 0 Å². The second-order valence-corrected chi connectivity index (χ2v) is 6.75. The first-order valence-electron chi connectivity index (χ1n) is 8.64. The predicted molar refractivity (Wildman–Crippen MR) is 105 cm³/mol.